The van der Waals surface area contributed by atoms with Crippen molar-refractivity contribution in [3.05, 3.63) is 101 Å². The van der Waals surface area contributed by atoms with Crippen LogP contribution in [0.15, 0.2) is 90.1 Å². The Morgan fingerprint density at radius 1 is 1.06 bits per heavy atom. The molecule has 34 heavy (non-hydrogen) atoms. The van der Waals surface area contributed by atoms with Gasteiger partial charge in [-0.1, -0.05) is 54.1 Å². The first-order chi connectivity index (χ1) is 16.4. The van der Waals surface area contributed by atoms with E-state index in [2.05, 4.69) is 15.1 Å². The van der Waals surface area contributed by atoms with Gasteiger partial charge in [-0.25, -0.2) is 8.42 Å². The van der Waals surface area contributed by atoms with Gasteiger partial charge in [-0.3, -0.25) is 14.2 Å². The summed E-state index contributed by atoms with van der Waals surface area (Å²) in [4.78, 5) is 12.6. The molecule has 0 aliphatic rings. The number of halogens is 1. The van der Waals surface area contributed by atoms with E-state index in [0.717, 1.165) is 5.56 Å². The lowest BCUT2D eigenvalue weighted by Crippen LogP contribution is -2.16. The van der Waals surface area contributed by atoms with E-state index < -0.39 is 15.9 Å². The molecule has 10 heteroatoms. The summed E-state index contributed by atoms with van der Waals surface area (Å²) in [6.07, 6.45) is 3.22. The van der Waals surface area contributed by atoms with E-state index >= 15 is 0 Å². The highest BCUT2D eigenvalue weighted by atomic mass is 35.5. The number of hydrogen-bond donors (Lipinski definition) is 2. The van der Waals surface area contributed by atoms with Crippen LogP contribution in [-0.2, 0) is 16.6 Å². The highest BCUT2D eigenvalue weighted by Crippen LogP contribution is 2.29. The van der Waals surface area contributed by atoms with Crippen molar-refractivity contribution in [1.29, 1.82) is 0 Å². The monoisotopic (exact) mass is 496 g/mol. The van der Waals surface area contributed by atoms with Crippen molar-refractivity contribution in [3.63, 3.8) is 0 Å². The minimum atomic E-state index is -4.09. The number of methoxy groups -OCH3 is 1. The van der Waals surface area contributed by atoms with Crippen LogP contribution in [0.2, 0.25) is 5.02 Å². The van der Waals surface area contributed by atoms with Gasteiger partial charge < -0.3 is 10.1 Å². The molecule has 4 rings (SSSR count). The first kappa shape index (κ1) is 23.3. The van der Waals surface area contributed by atoms with Crippen LogP contribution >= 0.6 is 11.6 Å². The van der Waals surface area contributed by atoms with Gasteiger partial charge >= 0.3 is 0 Å². The van der Waals surface area contributed by atoms with E-state index in [4.69, 9.17) is 16.3 Å². The second-order valence-corrected chi connectivity index (χ2v) is 9.38. The van der Waals surface area contributed by atoms with E-state index in [0.29, 0.717) is 18.0 Å². The minimum absolute atomic E-state index is 0.0189. The van der Waals surface area contributed by atoms with Crippen molar-refractivity contribution in [1.82, 2.24) is 9.78 Å². The SMILES string of the molecule is COc1ccccc1NS(=O)(=O)c1cc(C(=O)Nc2cnn(Cc3ccccc3)c2)ccc1Cl. The predicted octanol–water partition coefficient (Wildman–Crippen LogP) is 4.65. The Balaban J connectivity index is 1.52. The van der Waals surface area contributed by atoms with Gasteiger partial charge in [-0.05, 0) is 35.9 Å². The number of nitrogens with zero attached hydrogens (tertiary/aromatic N) is 2. The Morgan fingerprint density at radius 3 is 2.56 bits per heavy atom. The summed E-state index contributed by atoms with van der Waals surface area (Å²) in [5.41, 5.74) is 1.92. The molecule has 0 saturated carbocycles. The Hall–Kier alpha value is -3.82. The molecule has 0 aliphatic carbocycles. The number of amides is 1. The number of rotatable bonds is 8. The molecule has 0 saturated heterocycles. The van der Waals surface area contributed by atoms with Crippen molar-refractivity contribution in [2.75, 3.05) is 17.1 Å². The molecular formula is C24H21ClN4O4S. The molecule has 3 aromatic carbocycles. The van der Waals surface area contributed by atoms with Crippen LogP contribution in [0.5, 0.6) is 5.75 Å². The smallest absolute Gasteiger partial charge is 0.263 e. The van der Waals surface area contributed by atoms with Crippen LogP contribution < -0.4 is 14.8 Å². The van der Waals surface area contributed by atoms with Crippen LogP contribution in [-0.4, -0.2) is 31.2 Å². The minimum Gasteiger partial charge on any atom is -0.495 e. The summed E-state index contributed by atoms with van der Waals surface area (Å²) in [6.45, 7) is 0.550. The maximum atomic E-state index is 13.0. The third kappa shape index (κ3) is 5.38. The molecular weight excluding hydrogens is 476 g/mol. The Bertz CT molecular complexity index is 1420. The van der Waals surface area contributed by atoms with E-state index in [-0.39, 0.29) is 21.2 Å². The molecule has 0 atom stereocenters. The number of anilines is 2. The number of hydrogen-bond acceptors (Lipinski definition) is 5. The topological polar surface area (TPSA) is 102 Å². The lowest BCUT2D eigenvalue weighted by Gasteiger charge is -2.13. The first-order valence-corrected chi connectivity index (χ1v) is 12.0. The lowest BCUT2D eigenvalue weighted by molar-refractivity contribution is 0.102. The van der Waals surface area contributed by atoms with Gasteiger partial charge in [-0.15, -0.1) is 0 Å². The Labute approximate surface area is 202 Å². The average molecular weight is 497 g/mol. The van der Waals surface area contributed by atoms with Gasteiger partial charge in [0.15, 0.2) is 0 Å². The molecule has 1 heterocycles. The fourth-order valence-corrected chi connectivity index (χ4v) is 4.86. The molecule has 4 aromatic rings. The molecule has 0 spiro atoms. The maximum Gasteiger partial charge on any atom is 0.263 e. The average Bonchev–Trinajstić information content (AvgIpc) is 3.26. The molecule has 2 N–H and O–H groups in total. The number of sulfonamides is 1. The fourth-order valence-electron chi connectivity index (χ4n) is 3.27. The second-order valence-electron chi connectivity index (χ2n) is 7.32. The molecule has 174 valence electrons. The third-order valence-corrected chi connectivity index (χ3v) is 6.76. The summed E-state index contributed by atoms with van der Waals surface area (Å²) in [6, 6.07) is 20.4. The Kier molecular flexibility index (Phi) is 6.85. The van der Waals surface area contributed by atoms with Crippen LogP contribution in [0.3, 0.4) is 0 Å². The van der Waals surface area contributed by atoms with Crippen LogP contribution in [0.1, 0.15) is 15.9 Å². The summed E-state index contributed by atoms with van der Waals surface area (Å²) in [5, 5.41) is 6.97. The number of ether oxygens (including phenoxy) is 1. The van der Waals surface area contributed by atoms with Gasteiger partial charge in [0.1, 0.15) is 10.6 Å². The van der Waals surface area contributed by atoms with Crippen LogP contribution in [0.25, 0.3) is 0 Å². The maximum absolute atomic E-state index is 13.0. The zero-order valence-electron chi connectivity index (χ0n) is 18.1. The van der Waals surface area contributed by atoms with Crippen molar-refractivity contribution < 1.29 is 17.9 Å². The van der Waals surface area contributed by atoms with Gasteiger partial charge in [0, 0.05) is 11.8 Å². The molecule has 1 amide bonds. The molecule has 0 aliphatic heterocycles. The second kappa shape index (κ2) is 9.98. The van der Waals surface area contributed by atoms with Gasteiger partial charge in [0.2, 0.25) is 0 Å². The molecule has 0 bridgehead atoms. The summed E-state index contributed by atoms with van der Waals surface area (Å²) < 4.78 is 35.4. The zero-order chi connectivity index (χ0) is 24.1. The molecule has 0 unspecified atom stereocenters. The van der Waals surface area contributed by atoms with Crippen molar-refractivity contribution in [2.45, 2.75) is 11.4 Å². The van der Waals surface area contributed by atoms with E-state index in [1.165, 1.54) is 31.5 Å². The van der Waals surface area contributed by atoms with Crippen molar-refractivity contribution in [2.24, 2.45) is 0 Å². The fraction of sp³-hybridized carbons (Fsp3) is 0.0833. The van der Waals surface area contributed by atoms with Gasteiger partial charge in [-0.2, -0.15) is 5.10 Å². The highest BCUT2D eigenvalue weighted by molar-refractivity contribution is 7.92. The number of aromatic nitrogens is 2. The summed E-state index contributed by atoms with van der Waals surface area (Å²) in [5.74, 6) is -0.145. The van der Waals surface area contributed by atoms with Crippen molar-refractivity contribution in [3.8, 4) is 5.75 Å². The molecule has 1 aromatic heterocycles. The predicted molar refractivity (Wildman–Crippen MR) is 131 cm³/mol. The van der Waals surface area contributed by atoms with E-state index in [1.807, 2.05) is 30.3 Å². The third-order valence-electron chi connectivity index (χ3n) is 4.91. The zero-order valence-corrected chi connectivity index (χ0v) is 19.7. The number of nitrogens with one attached hydrogen (secondary N) is 2. The first-order valence-electron chi connectivity index (χ1n) is 10.2. The van der Waals surface area contributed by atoms with E-state index in [1.54, 1.807) is 35.1 Å². The van der Waals surface area contributed by atoms with Gasteiger partial charge in [0.05, 0.1) is 36.2 Å². The quantitative estimate of drug-likeness (QED) is 0.370. The highest BCUT2D eigenvalue weighted by Gasteiger charge is 2.22. The van der Waals surface area contributed by atoms with E-state index in [9.17, 15) is 13.2 Å². The molecule has 8 nitrogen and oxygen atoms in total. The summed E-state index contributed by atoms with van der Waals surface area (Å²) in [7, 11) is -2.66. The van der Waals surface area contributed by atoms with Crippen LogP contribution in [0, 0.1) is 0 Å². The number of carbonyl (C=O) groups is 1. The largest absolute Gasteiger partial charge is 0.495 e. The van der Waals surface area contributed by atoms with Gasteiger partial charge in [0.25, 0.3) is 15.9 Å². The lowest BCUT2D eigenvalue weighted by atomic mass is 10.2. The Morgan fingerprint density at radius 2 is 1.79 bits per heavy atom. The van der Waals surface area contributed by atoms with Crippen LogP contribution in [0.4, 0.5) is 11.4 Å². The number of benzene rings is 3. The standard InChI is InChI=1S/C24H21ClN4O4S/c1-33-22-10-6-5-9-21(22)28-34(31,32)23-13-18(11-12-20(23)25)24(30)27-19-14-26-29(16-19)15-17-7-3-2-4-8-17/h2-14,16,28H,15H2,1H3,(H,27,30). The van der Waals surface area contributed by atoms with Crippen molar-refractivity contribution >= 4 is 38.9 Å². The molecule has 0 fully saturated rings. The number of carbonyl (C=O) groups excluding carboxylic acids is 1. The molecule has 0 radical (unpaired) electrons. The summed E-state index contributed by atoms with van der Waals surface area (Å²) >= 11 is 6.17. The normalized spacial score (nSPS) is 11.1. The number of para-hydroxylation sites is 2.